The Kier molecular flexibility index (Phi) is 4.90. The van der Waals surface area contributed by atoms with Crippen molar-refractivity contribution < 1.29 is 23.4 Å². The van der Waals surface area contributed by atoms with E-state index in [9.17, 15) is 13.6 Å². The van der Waals surface area contributed by atoms with Crippen LogP contribution in [-0.2, 0) is 4.79 Å². The lowest BCUT2D eigenvalue weighted by molar-refractivity contribution is -0.116. The smallest absolute Gasteiger partial charge is 0.387 e. The normalized spacial score (nSPS) is 16.2. The summed E-state index contributed by atoms with van der Waals surface area (Å²) >= 11 is 0. The molecule has 1 fully saturated rings. The van der Waals surface area contributed by atoms with Gasteiger partial charge in [0, 0.05) is 23.6 Å². The largest absolute Gasteiger partial charge is 0.434 e. The number of para-hydroxylation sites is 1. The molecule has 0 atom stereocenters. The first-order valence-corrected chi connectivity index (χ1v) is 6.65. The highest BCUT2D eigenvalue weighted by Gasteiger charge is 2.41. The first-order chi connectivity index (χ1) is 10.0. The summed E-state index contributed by atoms with van der Waals surface area (Å²) in [7, 11) is 0. The van der Waals surface area contributed by atoms with Gasteiger partial charge in [0.1, 0.15) is 5.75 Å². The first kappa shape index (κ1) is 15.4. The first-order valence-electron chi connectivity index (χ1n) is 6.65. The van der Waals surface area contributed by atoms with E-state index in [1.54, 1.807) is 18.2 Å². The van der Waals surface area contributed by atoms with Gasteiger partial charge >= 0.3 is 6.61 Å². The van der Waals surface area contributed by atoms with Gasteiger partial charge in [-0.3, -0.25) is 4.79 Å². The number of nitrogens with one attached hydrogen (secondary N) is 1. The van der Waals surface area contributed by atoms with E-state index in [1.165, 1.54) is 18.2 Å². The van der Waals surface area contributed by atoms with Gasteiger partial charge in [-0.2, -0.15) is 8.78 Å². The highest BCUT2D eigenvalue weighted by molar-refractivity contribution is 5.92. The third-order valence-corrected chi connectivity index (χ3v) is 3.48. The minimum atomic E-state index is -2.91. The molecule has 2 N–H and O–H groups in total. The van der Waals surface area contributed by atoms with Crippen LogP contribution < -0.4 is 10.1 Å². The third-order valence-electron chi connectivity index (χ3n) is 3.48. The standard InChI is InChI=1S/C15H17F2NO3/c16-14(17)21-12-4-2-1-3-11(12)5-6-13(20)18-9-15(10-19)7-8-15/h1-6,14,19H,7-10H2,(H,18,20)/b6-5+. The molecule has 0 heterocycles. The number of benzene rings is 1. The quantitative estimate of drug-likeness (QED) is 0.759. The van der Waals surface area contributed by atoms with Gasteiger partial charge in [-0.25, -0.2) is 0 Å². The Morgan fingerprint density at radius 3 is 2.76 bits per heavy atom. The Morgan fingerprint density at radius 2 is 2.14 bits per heavy atom. The fourth-order valence-corrected chi connectivity index (χ4v) is 1.89. The maximum Gasteiger partial charge on any atom is 0.387 e. The molecular formula is C15H17F2NO3. The Labute approximate surface area is 121 Å². The minimum Gasteiger partial charge on any atom is -0.434 e. The average Bonchev–Trinajstić information content (AvgIpc) is 3.24. The molecule has 0 aromatic heterocycles. The third kappa shape index (κ3) is 4.53. The molecule has 114 valence electrons. The maximum atomic E-state index is 12.2. The van der Waals surface area contributed by atoms with E-state index < -0.39 is 6.61 Å². The van der Waals surface area contributed by atoms with E-state index >= 15 is 0 Å². The van der Waals surface area contributed by atoms with Crippen LogP contribution in [0, 0.1) is 5.41 Å². The van der Waals surface area contributed by atoms with E-state index in [1.807, 2.05) is 0 Å². The predicted octanol–water partition coefficient (Wildman–Crippen LogP) is 2.19. The number of hydrogen-bond acceptors (Lipinski definition) is 3. The van der Waals surface area contributed by atoms with E-state index in [-0.39, 0.29) is 23.7 Å². The number of carbonyl (C=O) groups is 1. The van der Waals surface area contributed by atoms with Crippen LogP contribution in [-0.4, -0.2) is 30.8 Å². The second kappa shape index (κ2) is 6.67. The van der Waals surface area contributed by atoms with Crippen LogP contribution in [0.5, 0.6) is 5.75 Å². The molecule has 1 aromatic carbocycles. The number of rotatable bonds is 7. The van der Waals surface area contributed by atoms with Crippen molar-refractivity contribution >= 4 is 12.0 Å². The molecule has 1 aliphatic rings. The Bertz CT molecular complexity index is 527. The zero-order chi connectivity index (χ0) is 15.3. The highest BCUT2D eigenvalue weighted by Crippen LogP contribution is 2.44. The molecule has 0 saturated heterocycles. The second-order valence-corrected chi connectivity index (χ2v) is 5.13. The molecule has 1 aromatic rings. The Morgan fingerprint density at radius 1 is 1.43 bits per heavy atom. The van der Waals surface area contributed by atoms with Crippen LogP contribution in [0.2, 0.25) is 0 Å². The lowest BCUT2D eigenvalue weighted by Gasteiger charge is -2.11. The molecule has 21 heavy (non-hydrogen) atoms. The number of ether oxygens (including phenoxy) is 1. The summed E-state index contributed by atoms with van der Waals surface area (Å²) in [6.07, 6.45) is 4.49. The molecule has 0 spiro atoms. The number of halogens is 2. The topological polar surface area (TPSA) is 58.6 Å². The molecule has 0 unspecified atom stereocenters. The lowest BCUT2D eigenvalue weighted by atomic mass is 10.1. The van der Waals surface area contributed by atoms with Crippen LogP contribution in [0.25, 0.3) is 6.08 Å². The van der Waals surface area contributed by atoms with E-state index in [2.05, 4.69) is 10.1 Å². The van der Waals surface area contributed by atoms with Crippen molar-refractivity contribution in [2.24, 2.45) is 5.41 Å². The molecule has 0 bridgehead atoms. The van der Waals surface area contributed by atoms with Crippen LogP contribution in [0.3, 0.4) is 0 Å². The number of carbonyl (C=O) groups excluding carboxylic acids is 1. The van der Waals surface area contributed by atoms with E-state index in [0.29, 0.717) is 12.1 Å². The molecular weight excluding hydrogens is 280 g/mol. The van der Waals surface area contributed by atoms with Crippen LogP contribution in [0.1, 0.15) is 18.4 Å². The number of alkyl halides is 2. The second-order valence-electron chi connectivity index (χ2n) is 5.13. The SMILES string of the molecule is O=C(/C=C/c1ccccc1OC(F)F)NCC1(CO)CC1. The van der Waals surface area contributed by atoms with Crippen LogP contribution in [0.4, 0.5) is 8.78 Å². The van der Waals surface area contributed by atoms with Crippen molar-refractivity contribution in [2.75, 3.05) is 13.2 Å². The summed E-state index contributed by atoms with van der Waals surface area (Å²) in [6, 6.07) is 6.24. The predicted molar refractivity (Wildman–Crippen MR) is 73.9 cm³/mol. The zero-order valence-electron chi connectivity index (χ0n) is 11.4. The van der Waals surface area contributed by atoms with Gasteiger partial charge in [0.25, 0.3) is 0 Å². The molecule has 0 radical (unpaired) electrons. The molecule has 4 nitrogen and oxygen atoms in total. The van der Waals surface area contributed by atoms with Crippen molar-refractivity contribution in [3.8, 4) is 5.75 Å². The van der Waals surface area contributed by atoms with Gasteiger partial charge in [0.05, 0.1) is 6.61 Å². The monoisotopic (exact) mass is 297 g/mol. The molecule has 1 aliphatic carbocycles. The number of aliphatic hydroxyl groups is 1. The van der Waals surface area contributed by atoms with E-state index in [0.717, 1.165) is 12.8 Å². The van der Waals surface area contributed by atoms with Crippen molar-refractivity contribution in [1.82, 2.24) is 5.32 Å². The van der Waals surface area contributed by atoms with Gasteiger partial charge < -0.3 is 15.2 Å². The Balaban J connectivity index is 1.92. The maximum absolute atomic E-state index is 12.2. The van der Waals surface area contributed by atoms with Crippen LogP contribution >= 0.6 is 0 Å². The summed E-state index contributed by atoms with van der Waals surface area (Å²) in [5.74, 6) is -0.313. The number of hydrogen-bond donors (Lipinski definition) is 2. The molecule has 0 aliphatic heterocycles. The van der Waals surface area contributed by atoms with Crippen molar-refractivity contribution in [3.05, 3.63) is 35.9 Å². The van der Waals surface area contributed by atoms with E-state index in [4.69, 9.17) is 5.11 Å². The summed E-state index contributed by atoms with van der Waals surface area (Å²) in [6.45, 7) is -2.43. The van der Waals surface area contributed by atoms with Gasteiger partial charge in [0.2, 0.25) is 5.91 Å². The van der Waals surface area contributed by atoms with Crippen molar-refractivity contribution in [2.45, 2.75) is 19.5 Å². The summed E-state index contributed by atoms with van der Waals surface area (Å²) < 4.78 is 28.9. The fraction of sp³-hybridized carbons (Fsp3) is 0.400. The number of amides is 1. The molecule has 1 amide bonds. The lowest BCUT2D eigenvalue weighted by Crippen LogP contribution is -2.30. The van der Waals surface area contributed by atoms with Gasteiger partial charge in [-0.15, -0.1) is 0 Å². The van der Waals surface area contributed by atoms with Crippen molar-refractivity contribution in [3.63, 3.8) is 0 Å². The average molecular weight is 297 g/mol. The number of aliphatic hydroxyl groups excluding tert-OH is 1. The summed E-state index contributed by atoms with van der Waals surface area (Å²) in [4.78, 5) is 11.7. The Hall–Kier alpha value is -1.95. The van der Waals surface area contributed by atoms with Crippen LogP contribution in [0.15, 0.2) is 30.3 Å². The van der Waals surface area contributed by atoms with Gasteiger partial charge in [-0.1, -0.05) is 18.2 Å². The van der Waals surface area contributed by atoms with Gasteiger partial charge in [-0.05, 0) is 25.0 Å². The van der Waals surface area contributed by atoms with Crippen molar-refractivity contribution in [1.29, 1.82) is 0 Å². The summed E-state index contributed by atoms with van der Waals surface area (Å²) in [5, 5.41) is 11.8. The fourth-order valence-electron chi connectivity index (χ4n) is 1.89. The molecule has 2 rings (SSSR count). The van der Waals surface area contributed by atoms with Gasteiger partial charge in [0.15, 0.2) is 0 Å². The highest BCUT2D eigenvalue weighted by atomic mass is 19.3. The zero-order valence-corrected chi connectivity index (χ0v) is 11.4. The minimum absolute atomic E-state index is 0.0190. The summed E-state index contributed by atoms with van der Waals surface area (Å²) in [5.41, 5.74) is 0.233. The molecule has 1 saturated carbocycles. The molecule has 6 heteroatoms.